The maximum absolute atomic E-state index is 10.4. The third-order valence-electron chi connectivity index (χ3n) is 3.90. The molecule has 1 saturated heterocycles. The molecule has 5 nitrogen and oxygen atoms in total. The molecule has 1 heterocycles. The molecule has 0 radical (unpaired) electrons. The number of rotatable bonds is 5. The second-order valence-electron chi connectivity index (χ2n) is 5.47. The molecule has 3 N–H and O–H groups in total. The number of piperidine rings is 1. The van der Waals surface area contributed by atoms with Crippen molar-refractivity contribution in [1.29, 1.82) is 0 Å². The van der Waals surface area contributed by atoms with Crippen LogP contribution in [0.2, 0.25) is 0 Å². The summed E-state index contributed by atoms with van der Waals surface area (Å²) in [5.41, 5.74) is 0.556. The van der Waals surface area contributed by atoms with Crippen LogP contribution in [0.15, 0.2) is 30.3 Å². The molecule has 0 bridgehead atoms. The fraction of sp³-hybridized carbons (Fsp3) is 0.533. The molecule has 1 aromatic rings. The van der Waals surface area contributed by atoms with Gasteiger partial charge in [-0.3, -0.25) is 4.90 Å². The van der Waals surface area contributed by atoms with Crippen molar-refractivity contribution >= 4 is 6.09 Å². The molecule has 0 aromatic heterocycles. The van der Waals surface area contributed by atoms with Crippen molar-refractivity contribution in [3.63, 3.8) is 0 Å². The Labute approximate surface area is 119 Å². The van der Waals surface area contributed by atoms with Crippen molar-refractivity contribution in [3.8, 4) is 0 Å². The highest BCUT2D eigenvalue weighted by Gasteiger charge is 2.31. The molecule has 0 aliphatic carbocycles. The van der Waals surface area contributed by atoms with Crippen molar-refractivity contribution in [2.45, 2.75) is 31.4 Å². The summed E-state index contributed by atoms with van der Waals surface area (Å²) in [7, 11) is 0. The molecule has 110 valence electrons. The third kappa shape index (κ3) is 4.51. The Morgan fingerprint density at radius 1 is 1.25 bits per heavy atom. The SMILES string of the molecule is O=C(O)NCCC1(O)CCN(Cc2ccccc2)CC1. The van der Waals surface area contributed by atoms with E-state index >= 15 is 0 Å². The van der Waals surface area contributed by atoms with Gasteiger partial charge in [0.25, 0.3) is 0 Å². The van der Waals surface area contributed by atoms with Gasteiger partial charge in [-0.1, -0.05) is 30.3 Å². The normalized spacial score (nSPS) is 18.6. The van der Waals surface area contributed by atoms with Crippen LogP contribution in [0.1, 0.15) is 24.8 Å². The van der Waals surface area contributed by atoms with E-state index < -0.39 is 11.7 Å². The van der Waals surface area contributed by atoms with Gasteiger partial charge in [0.1, 0.15) is 0 Å². The molecule has 2 rings (SSSR count). The number of nitrogens with zero attached hydrogens (tertiary/aromatic N) is 1. The highest BCUT2D eigenvalue weighted by Crippen LogP contribution is 2.26. The molecule has 1 amide bonds. The molecule has 0 atom stereocenters. The molecule has 0 spiro atoms. The minimum Gasteiger partial charge on any atom is -0.465 e. The largest absolute Gasteiger partial charge is 0.465 e. The van der Waals surface area contributed by atoms with Crippen molar-refractivity contribution in [2.24, 2.45) is 0 Å². The first-order valence-corrected chi connectivity index (χ1v) is 7.03. The first-order valence-electron chi connectivity index (χ1n) is 7.03. The number of aliphatic hydroxyl groups is 1. The van der Waals surface area contributed by atoms with E-state index in [0.717, 1.165) is 19.6 Å². The van der Waals surface area contributed by atoms with E-state index in [1.807, 2.05) is 18.2 Å². The Morgan fingerprint density at radius 3 is 2.50 bits per heavy atom. The topological polar surface area (TPSA) is 72.8 Å². The van der Waals surface area contributed by atoms with Gasteiger partial charge in [-0.05, 0) is 24.8 Å². The van der Waals surface area contributed by atoms with Gasteiger partial charge in [0.2, 0.25) is 0 Å². The highest BCUT2D eigenvalue weighted by atomic mass is 16.4. The lowest BCUT2D eigenvalue weighted by Gasteiger charge is -2.38. The number of hydrogen-bond acceptors (Lipinski definition) is 3. The highest BCUT2D eigenvalue weighted by molar-refractivity contribution is 5.64. The average Bonchev–Trinajstić information content (AvgIpc) is 2.42. The fourth-order valence-corrected chi connectivity index (χ4v) is 2.62. The quantitative estimate of drug-likeness (QED) is 0.766. The lowest BCUT2D eigenvalue weighted by atomic mass is 9.88. The van der Waals surface area contributed by atoms with Crippen LogP contribution in [0.25, 0.3) is 0 Å². The second kappa shape index (κ2) is 6.72. The Kier molecular flexibility index (Phi) is 4.98. The predicted molar refractivity (Wildman–Crippen MR) is 76.5 cm³/mol. The fourth-order valence-electron chi connectivity index (χ4n) is 2.62. The molecule has 5 heteroatoms. The molecule has 1 aliphatic rings. The number of hydrogen-bond donors (Lipinski definition) is 3. The maximum Gasteiger partial charge on any atom is 0.404 e. The van der Waals surface area contributed by atoms with E-state index in [-0.39, 0.29) is 0 Å². The van der Waals surface area contributed by atoms with Gasteiger partial charge in [0, 0.05) is 26.2 Å². The van der Waals surface area contributed by atoms with Crippen molar-refractivity contribution in [3.05, 3.63) is 35.9 Å². The van der Waals surface area contributed by atoms with E-state index in [0.29, 0.717) is 25.8 Å². The van der Waals surface area contributed by atoms with Crippen LogP contribution in [0.3, 0.4) is 0 Å². The van der Waals surface area contributed by atoms with Crippen LogP contribution < -0.4 is 5.32 Å². The van der Waals surface area contributed by atoms with Crippen molar-refractivity contribution in [2.75, 3.05) is 19.6 Å². The van der Waals surface area contributed by atoms with Gasteiger partial charge >= 0.3 is 6.09 Å². The summed E-state index contributed by atoms with van der Waals surface area (Å²) in [5.74, 6) is 0. The molecular formula is C15H22N2O3. The Balaban J connectivity index is 1.75. The van der Waals surface area contributed by atoms with Crippen LogP contribution in [0.4, 0.5) is 4.79 Å². The van der Waals surface area contributed by atoms with Crippen LogP contribution >= 0.6 is 0 Å². The van der Waals surface area contributed by atoms with Crippen molar-refractivity contribution < 1.29 is 15.0 Å². The Morgan fingerprint density at radius 2 is 1.90 bits per heavy atom. The third-order valence-corrected chi connectivity index (χ3v) is 3.90. The monoisotopic (exact) mass is 278 g/mol. The number of carboxylic acid groups (broad SMARTS) is 1. The van der Waals surface area contributed by atoms with Gasteiger partial charge in [0.15, 0.2) is 0 Å². The van der Waals surface area contributed by atoms with Crippen molar-refractivity contribution in [1.82, 2.24) is 10.2 Å². The molecule has 1 aromatic carbocycles. The zero-order valence-electron chi connectivity index (χ0n) is 11.6. The molecule has 0 saturated carbocycles. The van der Waals surface area contributed by atoms with E-state index in [9.17, 15) is 9.90 Å². The van der Waals surface area contributed by atoms with Crippen LogP contribution in [0.5, 0.6) is 0 Å². The number of nitrogens with one attached hydrogen (secondary N) is 1. The molecule has 1 aliphatic heterocycles. The zero-order valence-corrected chi connectivity index (χ0v) is 11.6. The minimum atomic E-state index is -1.03. The lowest BCUT2D eigenvalue weighted by Crippen LogP contribution is -2.45. The summed E-state index contributed by atoms with van der Waals surface area (Å²) in [6, 6.07) is 10.3. The number of carbonyl (C=O) groups is 1. The van der Waals surface area contributed by atoms with Gasteiger partial charge in [0.05, 0.1) is 5.60 Å². The van der Waals surface area contributed by atoms with E-state index in [1.165, 1.54) is 5.56 Å². The summed E-state index contributed by atoms with van der Waals surface area (Å²) >= 11 is 0. The summed E-state index contributed by atoms with van der Waals surface area (Å²) in [6.45, 7) is 2.91. The van der Waals surface area contributed by atoms with E-state index in [4.69, 9.17) is 5.11 Å². The van der Waals surface area contributed by atoms with Gasteiger partial charge < -0.3 is 15.5 Å². The number of amides is 1. The van der Waals surface area contributed by atoms with E-state index in [1.54, 1.807) is 0 Å². The van der Waals surface area contributed by atoms with E-state index in [2.05, 4.69) is 22.3 Å². The first kappa shape index (κ1) is 14.8. The van der Waals surface area contributed by atoms with Gasteiger partial charge in [-0.15, -0.1) is 0 Å². The summed E-state index contributed by atoms with van der Waals surface area (Å²) in [6.07, 6.45) is 0.843. The number of benzene rings is 1. The molecule has 0 unspecified atom stereocenters. The summed E-state index contributed by atoms with van der Waals surface area (Å²) in [5, 5.41) is 21.3. The molecule has 20 heavy (non-hydrogen) atoms. The van der Waals surface area contributed by atoms with Gasteiger partial charge in [-0.2, -0.15) is 0 Å². The van der Waals surface area contributed by atoms with Gasteiger partial charge in [-0.25, -0.2) is 4.79 Å². The lowest BCUT2D eigenvalue weighted by molar-refractivity contribution is -0.0285. The minimum absolute atomic E-state index is 0.310. The maximum atomic E-state index is 10.4. The van der Waals surface area contributed by atoms with Crippen LogP contribution in [-0.2, 0) is 6.54 Å². The second-order valence-corrected chi connectivity index (χ2v) is 5.47. The van der Waals surface area contributed by atoms with Crippen LogP contribution in [0, 0.1) is 0 Å². The summed E-state index contributed by atoms with van der Waals surface area (Å²) in [4.78, 5) is 12.7. The standard InChI is InChI=1S/C15H22N2O3/c18-14(19)16-9-6-15(20)7-10-17(11-8-15)12-13-4-2-1-3-5-13/h1-5,16,20H,6-12H2,(H,18,19). The summed E-state index contributed by atoms with van der Waals surface area (Å²) < 4.78 is 0. The van der Waals surface area contributed by atoms with Crippen LogP contribution in [-0.4, -0.2) is 46.4 Å². The Hall–Kier alpha value is -1.59. The predicted octanol–water partition coefficient (Wildman–Crippen LogP) is 1.67. The zero-order chi connectivity index (χ0) is 14.4. The first-order chi connectivity index (χ1) is 9.57. The molecule has 1 fully saturated rings. The number of likely N-dealkylation sites (tertiary alicyclic amines) is 1. The Bertz CT molecular complexity index is 428. The average molecular weight is 278 g/mol. The molecular weight excluding hydrogens is 256 g/mol. The smallest absolute Gasteiger partial charge is 0.404 e.